The number of halogens is 3. The number of alkyl halides is 3. The van der Waals surface area contributed by atoms with Gasteiger partial charge in [-0.2, -0.15) is 13.2 Å². The maximum atomic E-state index is 12.8. The predicted molar refractivity (Wildman–Crippen MR) is 70.6 cm³/mol. The molecule has 1 aromatic carbocycles. The first-order valence-corrected chi connectivity index (χ1v) is 6.22. The van der Waals surface area contributed by atoms with Gasteiger partial charge in [0.1, 0.15) is 0 Å². The van der Waals surface area contributed by atoms with Crippen molar-refractivity contribution in [1.82, 2.24) is 4.98 Å². The quantitative estimate of drug-likeness (QED) is 0.805. The van der Waals surface area contributed by atoms with Crippen molar-refractivity contribution in [3.63, 3.8) is 0 Å². The summed E-state index contributed by atoms with van der Waals surface area (Å²) in [5.41, 5.74) is -0.171. The van der Waals surface area contributed by atoms with E-state index in [0.717, 1.165) is 18.2 Å². The molecule has 2 aromatic rings. The largest absolute Gasteiger partial charge is 0.462 e. The molecule has 3 nitrogen and oxygen atoms in total. The smallest absolute Gasteiger partial charge is 0.416 e. The molecule has 0 amide bonds. The third kappa shape index (κ3) is 3.39. The molecule has 2 rings (SSSR count). The summed E-state index contributed by atoms with van der Waals surface area (Å²) in [7, 11) is 0. The fraction of sp³-hybridized carbons (Fsp3) is 0.200. The van der Waals surface area contributed by atoms with Crippen LogP contribution in [-0.2, 0) is 10.9 Å². The van der Waals surface area contributed by atoms with Crippen LogP contribution < -0.4 is 0 Å². The van der Waals surface area contributed by atoms with Crippen molar-refractivity contribution in [2.75, 3.05) is 6.61 Å². The Morgan fingerprint density at radius 3 is 2.62 bits per heavy atom. The average Bonchev–Trinajstić information content (AvgIpc) is 2.47. The second-order valence-corrected chi connectivity index (χ2v) is 4.22. The Morgan fingerprint density at radius 2 is 2.05 bits per heavy atom. The van der Waals surface area contributed by atoms with Gasteiger partial charge in [0.2, 0.25) is 0 Å². The highest BCUT2D eigenvalue weighted by Crippen LogP contribution is 2.34. The van der Waals surface area contributed by atoms with Gasteiger partial charge in [-0.05, 0) is 36.8 Å². The van der Waals surface area contributed by atoms with Crippen LogP contribution in [0.2, 0.25) is 0 Å². The third-order valence-corrected chi connectivity index (χ3v) is 2.81. The molecular weight excluding hydrogens is 283 g/mol. The van der Waals surface area contributed by atoms with E-state index in [2.05, 4.69) is 4.98 Å². The average molecular weight is 295 g/mol. The summed E-state index contributed by atoms with van der Waals surface area (Å²) in [5.74, 6) is -0.662. The Balaban J connectivity index is 2.59. The van der Waals surface area contributed by atoms with Gasteiger partial charge in [-0.15, -0.1) is 0 Å². The van der Waals surface area contributed by atoms with Crippen molar-refractivity contribution in [2.45, 2.75) is 13.1 Å². The third-order valence-electron chi connectivity index (χ3n) is 2.81. The van der Waals surface area contributed by atoms with E-state index in [1.54, 1.807) is 19.1 Å². The highest BCUT2D eigenvalue weighted by molar-refractivity contribution is 5.97. The molecule has 0 bridgehead atoms. The van der Waals surface area contributed by atoms with Gasteiger partial charge in [-0.25, -0.2) is 4.79 Å². The van der Waals surface area contributed by atoms with Gasteiger partial charge in [0.15, 0.2) is 0 Å². The summed E-state index contributed by atoms with van der Waals surface area (Å²) in [5, 5.41) is 0. The van der Waals surface area contributed by atoms with Gasteiger partial charge >= 0.3 is 12.1 Å². The van der Waals surface area contributed by atoms with Gasteiger partial charge in [0, 0.05) is 18.0 Å². The number of benzene rings is 1. The normalized spacial score (nSPS) is 11.2. The van der Waals surface area contributed by atoms with E-state index in [9.17, 15) is 18.0 Å². The van der Waals surface area contributed by atoms with E-state index >= 15 is 0 Å². The lowest BCUT2D eigenvalue weighted by Crippen LogP contribution is -2.10. The number of carbonyl (C=O) groups is 1. The van der Waals surface area contributed by atoms with E-state index in [0.29, 0.717) is 5.56 Å². The highest BCUT2D eigenvalue weighted by Gasteiger charge is 2.31. The number of aromatic nitrogens is 1. The van der Waals surface area contributed by atoms with Crippen molar-refractivity contribution in [2.24, 2.45) is 0 Å². The molecule has 0 saturated heterocycles. The van der Waals surface area contributed by atoms with Crippen LogP contribution in [0.3, 0.4) is 0 Å². The number of ether oxygens (including phenoxy) is 1. The molecule has 110 valence electrons. The van der Waals surface area contributed by atoms with Gasteiger partial charge < -0.3 is 4.74 Å². The van der Waals surface area contributed by atoms with Crippen LogP contribution in [0.4, 0.5) is 13.2 Å². The van der Waals surface area contributed by atoms with Gasteiger partial charge in [-0.1, -0.05) is 6.07 Å². The van der Waals surface area contributed by atoms with Crippen molar-refractivity contribution < 1.29 is 22.7 Å². The number of carbonyl (C=O) groups excluding carboxylic acids is 1. The summed E-state index contributed by atoms with van der Waals surface area (Å²) in [6.07, 6.45) is -1.58. The Morgan fingerprint density at radius 1 is 1.29 bits per heavy atom. The number of esters is 1. The Bertz CT molecular complexity index is 639. The zero-order valence-corrected chi connectivity index (χ0v) is 11.1. The van der Waals surface area contributed by atoms with E-state index in [1.807, 2.05) is 0 Å². The van der Waals surface area contributed by atoms with Crippen LogP contribution in [0.1, 0.15) is 22.8 Å². The molecule has 0 atom stereocenters. The van der Waals surface area contributed by atoms with Crippen molar-refractivity contribution in [1.29, 1.82) is 0 Å². The Labute approximate surface area is 119 Å². The second-order valence-electron chi connectivity index (χ2n) is 4.22. The van der Waals surface area contributed by atoms with Gasteiger partial charge in [-0.3, -0.25) is 4.98 Å². The zero-order chi connectivity index (χ0) is 15.5. The minimum atomic E-state index is -4.48. The maximum absolute atomic E-state index is 12.8. The standard InChI is InChI=1S/C15H12F3NO2/c1-2-21-14(20)12-6-5-11(15(16,17)18)8-13(12)10-4-3-7-19-9-10/h3-9H,2H2,1H3. The SMILES string of the molecule is CCOC(=O)c1ccc(C(F)(F)F)cc1-c1cccnc1. The summed E-state index contributed by atoms with van der Waals surface area (Å²) in [6.45, 7) is 1.78. The first kappa shape index (κ1) is 15.0. The molecule has 0 N–H and O–H groups in total. The molecule has 0 saturated carbocycles. The maximum Gasteiger partial charge on any atom is 0.416 e. The lowest BCUT2D eigenvalue weighted by atomic mass is 9.98. The van der Waals surface area contributed by atoms with Crippen LogP contribution in [0.15, 0.2) is 42.7 Å². The van der Waals surface area contributed by atoms with Crippen molar-refractivity contribution >= 4 is 5.97 Å². The molecule has 21 heavy (non-hydrogen) atoms. The van der Waals surface area contributed by atoms with Gasteiger partial charge in [0.05, 0.1) is 17.7 Å². The molecule has 0 aliphatic rings. The van der Waals surface area contributed by atoms with Crippen LogP contribution in [-0.4, -0.2) is 17.6 Å². The van der Waals surface area contributed by atoms with E-state index < -0.39 is 17.7 Å². The zero-order valence-electron chi connectivity index (χ0n) is 11.1. The summed E-state index contributed by atoms with van der Waals surface area (Å²) in [6, 6.07) is 6.11. The summed E-state index contributed by atoms with van der Waals surface area (Å²) < 4.78 is 43.4. The number of nitrogens with zero attached hydrogens (tertiary/aromatic N) is 1. The molecule has 1 aromatic heterocycles. The molecule has 0 fully saturated rings. The molecule has 0 aliphatic heterocycles. The molecule has 0 unspecified atom stereocenters. The van der Waals surface area contributed by atoms with E-state index in [-0.39, 0.29) is 17.7 Å². The summed E-state index contributed by atoms with van der Waals surface area (Å²) in [4.78, 5) is 15.7. The fourth-order valence-corrected chi connectivity index (χ4v) is 1.87. The molecule has 0 aliphatic carbocycles. The molecular formula is C15H12F3NO2. The van der Waals surface area contributed by atoms with E-state index in [4.69, 9.17) is 4.74 Å². The Kier molecular flexibility index (Phi) is 4.26. The number of pyridine rings is 1. The van der Waals surface area contributed by atoms with Crippen molar-refractivity contribution in [3.8, 4) is 11.1 Å². The molecule has 0 spiro atoms. The number of hydrogen-bond donors (Lipinski definition) is 0. The van der Waals surface area contributed by atoms with Gasteiger partial charge in [0.25, 0.3) is 0 Å². The summed E-state index contributed by atoms with van der Waals surface area (Å²) >= 11 is 0. The van der Waals surface area contributed by atoms with Crippen molar-refractivity contribution in [3.05, 3.63) is 53.9 Å². The topological polar surface area (TPSA) is 39.2 Å². The van der Waals surface area contributed by atoms with Crippen LogP contribution in [0, 0.1) is 0 Å². The number of hydrogen-bond acceptors (Lipinski definition) is 3. The Hall–Kier alpha value is -2.37. The minimum Gasteiger partial charge on any atom is -0.462 e. The second kappa shape index (κ2) is 5.95. The first-order chi connectivity index (χ1) is 9.93. The predicted octanol–water partition coefficient (Wildman–Crippen LogP) is 3.94. The fourth-order valence-electron chi connectivity index (χ4n) is 1.87. The first-order valence-electron chi connectivity index (χ1n) is 6.22. The lowest BCUT2D eigenvalue weighted by molar-refractivity contribution is -0.137. The monoisotopic (exact) mass is 295 g/mol. The molecule has 6 heteroatoms. The highest BCUT2D eigenvalue weighted by atomic mass is 19.4. The van der Waals surface area contributed by atoms with Crippen LogP contribution in [0.5, 0.6) is 0 Å². The molecule has 0 radical (unpaired) electrons. The van der Waals surface area contributed by atoms with Crippen LogP contribution >= 0.6 is 0 Å². The van der Waals surface area contributed by atoms with Crippen LogP contribution in [0.25, 0.3) is 11.1 Å². The van der Waals surface area contributed by atoms with E-state index in [1.165, 1.54) is 12.4 Å². The minimum absolute atomic E-state index is 0.0813. The molecule has 1 heterocycles. The number of rotatable bonds is 3. The lowest BCUT2D eigenvalue weighted by Gasteiger charge is -2.13.